The molecule has 3 rings (SSSR count). The van der Waals surface area contributed by atoms with E-state index in [0.717, 1.165) is 22.9 Å². The lowest BCUT2D eigenvalue weighted by Gasteiger charge is -2.09. The highest BCUT2D eigenvalue weighted by Crippen LogP contribution is 2.34. The maximum absolute atomic E-state index is 12.4. The quantitative estimate of drug-likeness (QED) is 0.286. The Kier molecular flexibility index (Phi) is 5.22. The molecule has 0 fully saturated rings. The molecule has 27 heavy (non-hydrogen) atoms. The van der Waals surface area contributed by atoms with Crippen LogP contribution in [0.1, 0.15) is 21.5 Å². The van der Waals surface area contributed by atoms with Gasteiger partial charge in [0.2, 0.25) is 0 Å². The lowest BCUT2D eigenvalue weighted by Crippen LogP contribution is -2.10. The van der Waals surface area contributed by atoms with Crippen LogP contribution in [-0.2, 0) is 7.05 Å². The average Bonchev–Trinajstić information content (AvgIpc) is 3.02. The number of ether oxygens (including phenoxy) is 1. The third-order valence-electron chi connectivity index (χ3n) is 3.80. The van der Waals surface area contributed by atoms with E-state index in [2.05, 4.69) is 10.2 Å². The van der Waals surface area contributed by atoms with Gasteiger partial charge < -0.3 is 9.30 Å². The molecule has 0 bridgehead atoms. The summed E-state index contributed by atoms with van der Waals surface area (Å²) in [4.78, 5) is 23.7. The molecule has 0 spiro atoms. The Morgan fingerprint density at radius 1 is 1.22 bits per heavy atom. The molecule has 1 heterocycles. The molecule has 0 aliphatic rings. The largest absolute Gasteiger partial charge is 0.423 e. The second-order valence-corrected chi connectivity index (χ2v) is 6.93. The highest BCUT2D eigenvalue weighted by Gasteiger charge is 2.21. The first-order chi connectivity index (χ1) is 12.8. The minimum absolute atomic E-state index is 0.101. The van der Waals surface area contributed by atoms with E-state index in [-0.39, 0.29) is 11.3 Å². The van der Waals surface area contributed by atoms with Crippen molar-refractivity contribution in [1.29, 1.82) is 0 Å². The zero-order valence-corrected chi connectivity index (χ0v) is 15.7. The predicted octanol–water partition coefficient (Wildman–Crippen LogP) is 3.71. The van der Waals surface area contributed by atoms with Crippen LogP contribution in [0.15, 0.2) is 52.8 Å². The molecule has 0 aliphatic carbocycles. The van der Waals surface area contributed by atoms with Gasteiger partial charge in [-0.3, -0.25) is 10.1 Å². The van der Waals surface area contributed by atoms with Crippen molar-refractivity contribution in [1.82, 2.24) is 14.8 Å². The molecule has 0 saturated heterocycles. The van der Waals surface area contributed by atoms with E-state index in [1.807, 2.05) is 26.0 Å². The molecule has 0 saturated carbocycles. The van der Waals surface area contributed by atoms with Gasteiger partial charge >= 0.3 is 5.97 Å². The first kappa shape index (κ1) is 18.6. The van der Waals surface area contributed by atoms with Crippen molar-refractivity contribution < 1.29 is 14.5 Å². The van der Waals surface area contributed by atoms with Crippen LogP contribution in [0.25, 0.3) is 0 Å². The summed E-state index contributed by atoms with van der Waals surface area (Å²) in [6, 6.07) is 9.65. The Labute approximate surface area is 159 Å². The predicted molar refractivity (Wildman–Crippen MR) is 99.1 cm³/mol. The van der Waals surface area contributed by atoms with E-state index >= 15 is 0 Å². The van der Waals surface area contributed by atoms with Gasteiger partial charge in [0.15, 0.2) is 5.16 Å². The summed E-state index contributed by atoms with van der Waals surface area (Å²) in [5.41, 5.74) is 1.77. The fraction of sp³-hybridized carbons (Fsp3) is 0.167. The summed E-state index contributed by atoms with van der Waals surface area (Å²) >= 11 is 1.10. The second kappa shape index (κ2) is 7.58. The van der Waals surface area contributed by atoms with Crippen LogP contribution in [0.3, 0.4) is 0 Å². The number of benzene rings is 2. The Balaban J connectivity index is 1.88. The summed E-state index contributed by atoms with van der Waals surface area (Å²) in [6.07, 6.45) is 1.50. The standard InChI is InChI=1S/C18H16N4O4S/c1-11-4-6-15(12(2)8-11)26-17(23)13-5-7-16(14(9-13)22(24)25)27-18-20-19-10-21(18)3/h4-10H,1-3H3. The van der Waals surface area contributed by atoms with E-state index < -0.39 is 10.9 Å². The summed E-state index contributed by atoms with van der Waals surface area (Å²) < 4.78 is 7.04. The zero-order chi connectivity index (χ0) is 19.6. The van der Waals surface area contributed by atoms with Gasteiger partial charge in [0, 0.05) is 13.1 Å². The Morgan fingerprint density at radius 3 is 2.63 bits per heavy atom. The Hall–Kier alpha value is -3.20. The summed E-state index contributed by atoms with van der Waals surface area (Å²) in [6.45, 7) is 3.77. The molecule has 0 N–H and O–H groups in total. The van der Waals surface area contributed by atoms with Crippen LogP contribution in [-0.4, -0.2) is 25.7 Å². The number of carbonyl (C=O) groups is 1. The molecule has 9 heteroatoms. The van der Waals surface area contributed by atoms with Gasteiger partial charge in [-0.25, -0.2) is 4.79 Å². The Morgan fingerprint density at radius 2 is 2.00 bits per heavy atom. The molecular formula is C18H16N4O4S. The number of nitrogens with zero attached hydrogens (tertiary/aromatic N) is 4. The van der Waals surface area contributed by atoms with Crippen LogP contribution in [0.4, 0.5) is 5.69 Å². The van der Waals surface area contributed by atoms with Crippen molar-refractivity contribution in [3.8, 4) is 5.75 Å². The van der Waals surface area contributed by atoms with Gasteiger partial charge in [0.25, 0.3) is 5.69 Å². The molecule has 1 aromatic heterocycles. The van der Waals surface area contributed by atoms with Crippen LogP contribution in [0, 0.1) is 24.0 Å². The monoisotopic (exact) mass is 384 g/mol. The number of nitro benzene ring substituents is 1. The first-order valence-corrected chi connectivity index (χ1v) is 8.76. The van der Waals surface area contributed by atoms with Crippen molar-refractivity contribution in [3.63, 3.8) is 0 Å². The number of nitro groups is 1. The molecule has 0 atom stereocenters. The maximum atomic E-state index is 12.4. The van der Waals surface area contributed by atoms with Crippen LogP contribution in [0.5, 0.6) is 5.75 Å². The van der Waals surface area contributed by atoms with Crippen molar-refractivity contribution >= 4 is 23.4 Å². The van der Waals surface area contributed by atoms with Crippen LogP contribution in [0.2, 0.25) is 0 Å². The lowest BCUT2D eigenvalue weighted by atomic mass is 10.1. The van der Waals surface area contributed by atoms with Gasteiger partial charge in [-0.05, 0) is 49.4 Å². The number of rotatable bonds is 5. The van der Waals surface area contributed by atoms with Crippen molar-refractivity contribution in [2.75, 3.05) is 0 Å². The molecule has 8 nitrogen and oxygen atoms in total. The van der Waals surface area contributed by atoms with E-state index in [1.54, 1.807) is 17.7 Å². The average molecular weight is 384 g/mol. The number of carbonyl (C=O) groups excluding carboxylic acids is 1. The van der Waals surface area contributed by atoms with Crippen molar-refractivity contribution in [3.05, 3.63) is 69.5 Å². The van der Waals surface area contributed by atoms with Gasteiger partial charge in [0.1, 0.15) is 12.1 Å². The second-order valence-electron chi connectivity index (χ2n) is 5.92. The highest BCUT2D eigenvalue weighted by molar-refractivity contribution is 7.99. The smallest absolute Gasteiger partial charge is 0.343 e. The van der Waals surface area contributed by atoms with Crippen LogP contribution >= 0.6 is 11.8 Å². The number of aromatic nitrogens is 3. The normalized spacial score (nSPS) is 10.6. The SMILES string of the molecule is Cc1ccc(OC(=O)c2ccc(Sc3nncn3C)c([N+](=O)[O-])c2)c(C)c1. The fourth-order valence-corrected chi connectivity index (χ4v) is 3.26. The third kappa shape index (κ3) is 4.14. The maximum Gasteiger partial charge on any atom is 0.343 e. The zero-order valence-electron chi connectivity index (χ0n) is 14.9. The molecule has 0 unspecified atom stereocenters. The van der Waals surface area contributed by atoms with E-state index in [1.165, 1.54) is 24.5 Å². The van der Waals surface area contributed by atoms with Gasteiger partial charge in [-0.15, -0.1) is 10.2 Å². The molecule has 0 radical (unpaired) electrons. The molecule has 0 amide bonds. The van der Waals surface area contributed by atoms with E-state index in [9.17, 15) is 14.9 Å². The number of hydrogen-bond acceptors (Lipinski definition) is 7. The minimum Gasteiger partial charge on any atom is -0.423 e. The topological polar surface area (TPSA) is 100 Å². The molecular weight excluding hydrogens is 368 g/mol. The summed E-state index contributed by atoms with van der Waals surface area (Å²) in [5.74, 6) is -0.231. The fourth-order valence-electron chi connectivity index (χ4n) is 2.41. The highest BCUT2D eigenvalue weighted by atomic mass is 32.2. The minimum atomic E-state index is -0.653. The summed E-state index contributed by atoms with van der Waals surface area (Å²) in [7, 11) is 1.74. The van der Waals surface area contributed by atoms with Gasteiger partial charge in [0.05, 0.1) is 15.4 Å². The number of hydrogen-bond donors (Lipinski definition) is 0. The molecule has 0 aliphatic heterocycles. The van der Waals surface area contributed by atoms with E-state index in [0.29, 0.717) is 15.8 Å². The molecule has 2 aromatic carbocycles. The molecule has 138 valence electrons. The first-order valence-electron chi connectivity index (χ1n) is 7.95. The van der Waals surface area contributed by atoms with Gasteiger partial charge in [-0.1, -0.05) is 17.7 Å². The van der Waals surface area contributed by atoms with E-state index in [4.69, 9.17) is 4.74 Å². The lowest BCUT2D eigenvalue weighted by molar-refractivity contribution is -0.387. The van der Waals surface area contributed by atoms with Crippen molar-refractivity contribution in [2.24, 2.45) is 7.05 Å². The number of esters is 1. The summed E-state index contributed by atoms with van der Waals surface area (Å²) in [5, 5.41) is 19.6. The van der Waals surface area contributed by atoms with Crippen molar-refractivity contribution in [2.45, 2.75) is 23.9 Å². The van der Waals surface area contributed by atoms with Gasteiger partial charge in [-0.2, -0.15) is 0 Å². The number of aryl methyl sites for hydroxylation is 3. The molecule has 3 aromatic rings. The van der Waals surface area contributed by atoms with Crippen LogP contribution < -0.4 is 4.74 Å². The Bertz CT molecular complexity index is 1030. The third-order valence-corrected chi connectivity index (χ3v) is 4.91.